The van der Waals surface area contributed by atoms with E-state index in [1.807, 2.05) is 0 Å². The van der Waals surface area contributed by atoms with Crippen LogP contribution < -0.4 is 9.88 Å². The largest absolute Gasteiger partial charge is 0.598 e. The molecule has 2 rings (SSSR count). The number of fused-ring (bicyclic) bond motifs is 1. The SMILES string of the molecule is CC(C)(C=Cc1cc2c(cc1F)CCO2)[S+](N)[O-]. The molecule has 0 saturated carbocycles. The van der Waals surface area contributed by atoms with Crippen LogP contribution in [0.15, 0.2) is 18.2 Å². The Balaban J connectivity index is 2.27. The van der Waals surface area contributed by atoms with Crippen LogP contribution >= 0.6 is 0 Å². The van der Waals surface area contributed by atoms with Gasteiger partial charge in [0, 0.05) is 28.9 Å². The number of nitrogens with two attached hydrogens (primary N) is 1. The van der Waals surface area contributed by atoms with E-state index in [2.05, 4.69) is 0 Å². The van der Waals surface area contributed by atoms with Gasteiger partial charge >= 0.3 is 0 Å². The summed E-state index contributed by atoms with van der Waals surface area (Å²) in [6, 6.07) is 3.16. The fourth-order valence-electron chi connectivity index (χ4n) is 1.70. The maximum Gasteiger partial charge on any atom is 0.157 e. The molecule has 2 N–H and O–H groups in total. The van der Waals surface area contributed by atoms with Crippen molar-refractivity contribution in [3.8, 4) is 5.75 Å². The number of halogens is 1. The molecule has 1 unspecified atom stereocenters. The summed E-state index contributed by atoms with van der Waals surface area (Å²) < 4.78 is 29.8. The van der Waals surface area contributed by atoms with E-state index in [1.54, 1.807) is 32.1 Å². The van der Waals surface area contributed by atoms with Gasteiger partial charge in [-0.25, -0.2) is 4.39 Å². The lowest BCUT2D eigenvalue weighted by Crippen LogP contribution is -2.35. The molecule has 0 bridgehead atoms. The van der Waals surface area contributed by atoms with E-state index >= 15 is 0 Å². The van der Waals surface area contributed by atoms with Gasteiger partial charge in [0.1, 0.15) is 11.6 Å². The zero-order chi connectivity index (χ0) is 13.3. The molecule has 0 radical (unpaired) electrons. The number of rotatable bonds is 3. The average molecular weight is 269 g/mol. The Hall–Kier alpha value is -1.04. The minimum absolute atomic E-state index is 0.297. The van der Waals surface area contributed by atoms with Crippen LogP contribution in [0.4, 0.5) is 4.39 Å². The van der Waals surface area contributed by atoms with Crippen molar-refractivity contribution in [3.05, 3.63) is 35.2 Å². The molecule has 1 aliphatic heterocycles. The van der Waals surface area contributed by atoms with Gasteiger partial charge in [-0.15, -0.1) is 0 Å². The van der Waals surface area contributed by atoms with Gasteiger partial charge in [0.25, 0.3) is 0 Å². The van der Waals surface area contributed by atoms with Crippen molar-refractivity contribution in [2.45, 2.75) is 25.0 Å². The summed E-state index contributed by atoms with van der Waals surface area (Å²) in [5.74, 6) is 0.428. The lowest BCUT2D eigenvalue weighted by molar-refractivity contribution is 0.356. The molecule has 0 fully saturated rings. The third kappa shape index (κ3) is 2.68. The summed E-state index contributed by atoms with van der Waals surface area (Å²) in [7, 11) is 0. The second-order valence-electron chi connectivity index (χ2n) is 4.81. The van der Waals surface area contributed by atoms with E-state index < -0.39 is 16.1 Å². The van der Waals surface area contributed by atoms with Gasteiger partial charge in [0.15, 0.2) is 4.75 Å². The summed E-state index contributed by atoms with van der Waals surface area (Å²) in [5, 5.41) is 5.37. The molecule has 1 atom stereocenters. The summed E-state index contributed by atoms with van der Waals surface area (Å²) in [4.78, 5) is 0. The second kappa shape index (κ2) is 4.91. The number of ether oxygens (including phenoxy) is 1. The van der Waals surface area contributed by atoms with Crippen molar-refractivity contribution in [2.75, 3.05) is 6.61 Å². The summed E-state index contributed by atoms with van der Waals surface area (Å²) in [6.07, 6.45) is 4.00. The lowest BCUT2D eigenvalue weighted by Gasteiger charge is -2.20. The van der Waals surface area contributed by atoms with Crippen molar-refractivity contribution in [1.82, 2.24) is 0 Å². The number of benzene rings is 1. The monoisotopic (exact) mass is 269 g/mol. The second-order valence-corrected chi connectivity index (χ2v) is 6.46. The molecule has 0 amide bonds. The van der Waals surface area contributed by atoms with Crippen molar-refractivity contribution in [3.63, 3.8) is 0 Å². The van der Waals surface area contributed by atoms with Gasteiger partial charge in [0.05, 0.1) is 6.61 Å². The van der Waals surface area contributed by atoms with Crippen molar-refractivity contribution in [1.29, 1.82) is 0 Å². The zero-order valence-corrected chi connectivity index (χ0v) is 11.2. The van der Waals surface area contributed by atoms with Gasteiger partial charge < -0.3 is 9.29 Å². The Morgan fingerprint density at radius 1 is 1.50 bits per heavy atom. The normalized spacial score (nSPS) is 16.7. The molecule has 3 nitrogen and oxygen atoms in total. The molecule has 1 aliphatic rings. The maximum absolute atomic E-state index is 13.8. The van der Waals surface area contributed by atoms with Gasteiger partial charge in [-0.05, 0) is 32.1 Å². The minimum Gasteiger partial charge on any atom is -0.598 e. The zero-order valence-electron chi connectivity index (χ0n) is 10.4. The summed E-state index contributed by atoms with van der Waals surface area (Å²) >= 11 is -1.50. The third-order valence-corrected chi connectivity index (χ3v) is 4.16. The minimum atomic E-state index is -1.50. The van der Waals surface area contributed by atoms with Crippen LogP contribution in [0.5, 0.6) is 5.75 Å². The number of hydrogen-bond donors (Lipinski definition) is 1. The van der Waals surface area contributed by atoms with Crippen molar-refractivity contribution < 1.29 is 13.7 Å². The van der Waals surface area contributed by atoms with Gasteiger partial charge in [-0.1, -0.05) is 6.08 Å². The lowest BCUT2D eigenvalue weighted by atomic mass is 10.1. The van der Waals surface area contributed by atoms with Crippen LogP contribution in [0.25, 0.3) is 6.08 Å². The van der Waals surface area contributed by atoms with Crippen LogP contribution in [0.1, 0.15) is 25.0 Å². The van der Waals surface area contributed by atoms with Crippen LogP contribution in [0.3, 0.4) is 0 Å². The Bertz CT molecular complexity index is 486. The molecular weight excluding hydrogens is 253 g/mol. The molecule has 0 spiro atoms. The molecule has 1 heterocycles. The molecule has 98 valence electrons. The Kier molecular flexibility index (Phi) is 3.66. The van der Waals surface area contributed by atoms with Gasteiger partial charge in [0.2, 0.25) is 0 Å². The first-order valence-electron chi connectivity index (χ1n) is 5.71. The number of hydrogen-bond acceptors (Lipinski definition) is 3. The van der Waals surface area contributed by atoms with Gasteiger partial charge in [-0.2, -0.15) is 5.14 Å². The first-order chi connectivity index (χ1) is 8.40. The summed E-state index contributed by atoms with van der Waals surface area (Å²) in [5.41, 5.74) is 1.32. The van der Waals surface area contributed by atoms with Crippen LogP contribution in [-0.2, 0) is 17.8 Å². The first-order valence-corrected chi connectivity index (χ1v) is 6.92. The highest BCUT2D eigenvalue weighted by Gasteiger charge is 2.26. The van der Waals surface area contributed by atoms with E-state index in [4.69, 9.17) is 9.88 Å². The predicted octanol–water partition coefficient (Wildman–Crippen LogP) is 2.17. The van der Waals surface area contributed by atoms with Crippen LogP contribution in [0.2, 0.25) is 0 Å². The maximum atomic E-state index is 13.8. The molecule has 18 heavy (non-hydrogen) atoms. The Morgan fingerprint density at radius 2 is 2.22 bits per heavy atom. The van der Waals surface area contributed by atoms with Crippen molar-refractivity contribution in [2.24, 2.45) is 5.14 Å². The molecular formula is C13H16FNO2S. The standard InChI is InChI=1S/C13H16FNO2S/c1-13(2,18(15)16)5-3-9-8-12-10(4-6-17-12)7-11(9)14/h3,5,7-8H,4,6,15H2,1-2H3. The van der Waals surface area contributed by atoms with Crippen molar-refractivity contribution >= 4 is 17.4 Å². The van der Waals surface area contributed by atoms with Gasteiger partial charge in [-0.3, -0.25) is 0 Å². The highest BCUT2D eigenvalue weighted by molar-refractivity contribution is 7.90. The van der Waals surface area contributed by atoms with E-state index in [-0.39, 0.29) is 5.82 Å². The van der Waals surface area contributed by atoms with E-state index in [9.17, 15) is 8.94 Å². The van der Waals surface area contributed by atoms with Crippen LogP contribution in [0, 0.1) is 5.82 Å². The Labute approximate surface area is 109 Å². The van der Waals surface area contributed by atoms with E-state index in [1.165, 1.54) is 6.07 Å². The molecule has 5 heteroatoms. The quantitative estimate of drug-likeness (QED) is 0.856. The predicted molar refractivity (Wildman–Crippen MR) is 71.0 cm³/mol. The highest BCUT2D eigenvalue weighted by Crippen LogP contribution is 2.29. The molecule has 0 aliphatic carbocycles. The average Bonchev–Trinajstić information content (AvgIpc) is 2.72. The Morgan fingerprint density at radius 3 is 2.89 bits per heavy atom. The fraction of sp³-hybridized carbons (Fsp3) is 0.385. The van der Waals surface area contributed by atoms with Crippen LogP contribution in [-0.4, -0.2) is 15.9 Å². The molecule has 1 aromatic rings. The molecule has 0 aromatic heterocycles. The van der Waals surface area contributed by atoms with E-state index in [0.29, 0.717) is 12.2 Å². The third-order valence-electron chi connectivity index (χ3n) is 2.99. The molecule has 0 saturated heterocycles. The fourth-order valence-corrected chi connectivity index (χ4v) is 1.90. The summed E-state index contributed by atoms with van der Waals surface area (Å²) in [6.45, 7) is 4.07. The van der Waals surface area contributed by atoms with E-state index in [0.717, 1.165) is 17.7 Å². The highest BCUT2D eigenvalue weighted by atomic mass is 32.2. The topological polar surface area (TPSA) is 58.3 Å². The smallest absolute Gasteiger partial charge is 0.157 e. The first kappa shape index (κ1) is 13.4. The molecule has 1 aromatic carbocycles.